The quantitative estimate of drug-likeness (QED) is 0.917. The molecule has 24 heavy (non-hydrogen) atoms. The Hall–Kier alpha value is -2.15. The first-order valence-electron chi connectivity index (χ1n) is 8.28. The number of rotatable bonds is 4. The number of aromatic nitrogens is 3. The third-order valence-electron chi connectivity index (χ3n) is 4.54. The van der Waals surface area contributed by atoms with Crippen LogP contribution in [0.5, 0.6) is 0 Å². The average Bonchev–Trinajstić information content (AvgIpc) is 3.19. The lowest BCUT2D eigenvalue weighted by Crippen LogP contribution is -2.31. The van der Waals surface area contributed by atoms with E-state index in [0.29, 0.717) is 25.2 Å². The molecule has 2 aromatic heterocycles. The van der Waals surface area contributed by atoms with Crippen molar-refractivity contribution in [1.29, 1.82) is 0 Å². The molecule has 0 radical (unpaired) electrons. The molecule has 2 unspecified atom stereocenters. The Morgan fingerprint density at radius 3 is 2.75 bits per heavy atom. The van der Waals surface area contributed by atoms with Gasteiger partial charge < -0.3 is 14.5 Å². The summed E-state index contributed by atoms with van der Waals surface area (Å²) in [5.41, 5.74) is 2.28. The number of aliphatic hydroxyl groups is 1. The zero-order chi connectivity index (χ0) is 17.4. The van der Waals surface area contributed by atoms with Crippen molar-refractivity contribution in [1.82, 2.24) is 19.8 Å². The Morgan fingerprint density at radius 2 is 2.17 bits per heavy atom. The van der Waals surface area contributed by atoms with Gasteiger partial charge in [0.05, 0.1) is 17.5 Å². The van der Waals surface area contributed by atoms with Crippen LogP contribution in [0.15, 0.2) is 16.7 Å². The van der Waals surface area contributed by atoms with Crippen LogP contribution >= 0.6 is 0 Å². The molecule has 2 atom stereocenters. The van der Waals surface area contributed by atoms with Gasteiger partial charge in [0.25, 0.3) is 5.91 Å². The molecule has 1 fully saturated rings. The van der Waals surface area contributed by atoms with Crippen molar-refractivity contribution in [3.05, 3.63) is 35.0 Å². The maximum absolute atomic E-state index is 12.8. The second-order valence-corrected chi connectivity index (χ2v) is 6.91. The smallest absolute Gasteiger partial charge is 0.272 e. The van der Waals surface area contributed by atoms with Crippen LogP contribution in [0.25, 0.3) is 0 Å². The Bertz CT molecular complexity index is 734. The lowest BCUT2D eigenvalue weighted by molar-refractivity contribution is 0.0754. The molecule has 0 spiro atoms. The Balaban J connectivity index is 1.70. The van der Waals surface area contributed by atoms with Crippen molar-refractivity contribution in [3.63, 3.8) is 0 Å². The fourth-order valence-corrected chi connectivity index (χ4v) is 3.13. The molecule has 1 aliphatic heterocycles. The first kappa shape index (κ1) is 16.7. The molecule has 3 rings (SSSR count). The van der Waals surface area contributed by atoms with Crippen LogP contribution < -0.4 is 0 Å². The number of hydrogen-bond acceptors (Lipinski definition) is 5. The van der Waals surface area contributed by atoms with Gasteiger partial charge in [-0.25, -0.2) is 0 Å². The summed E-state index contributed by atoms with van der Waals surface area (Å²) in [6.45, 7) is 6.79. The van der Waals surface area contributed by atoms with E-state index in [1.54, 1.807) is 16.6 Å². The van der Waals surface area contributed by atoms with Gasteiger partial charge in [0.15, 0.2) is 0 Å². The van der Waals surface area contributed by atoms with Crippen molar-refractivity contribution in [3.8, 4) is 0 Å². The van der Waals surface area contributed by atoms with Crippen LogP contribution in [-0.2, 0) is 13.5 Å². The molecular weight excluding hydrogens is 308 g/mol. The summed E-state index contributed by atoms with van der Waals surface area (Å²) in [6.07, 6.45) is 0.0196. The fourth-order valence-electron chi connectivity index (χ4n) is 3.13. The molecule has 7 heteroatoms. The molecule has 1 amide bonds. The number of carbonyl (C=O) groups is 1. The standard InChI is InChI=1S/C17H24N4O3/c1-10(2)14-7-15(20(4)18-14)17(23)21-8-12(16(22)9-21)6-13-5-11(3)19-24-13/h5,7,10,12,16,22H,6,8-9H2,1-4H3. The normalized spacial score (nSPS) is 21.0. The predicted molar refractivity (Wildman–Crippen MR) is 87.6 cm³/mol. The van der Waals surface area contributed by atoms with E-state index in [1.165, 1.54) is 0 Å². The SMILES string of the molecule is Cc1cc(CC2CN(C(=O)c3cc(C(C)C)nn3C)CC2O)on1. The summed E-state index contributed by atoms with van der Waals surface area (Å²) in [6, 6.07) is 3.71. The highest BCUT2D eigenvalue weighted by molar-refractivity contribution is 5.93. The minimum absolute atomic E-state index is 0.0425. The average molecular weight is 332 g/mol. The van der Waals surface area contributed by atoms with Crippen molar-refractivity contribution in [2.45, 2.75) is 39.2 Å². The zero-order valence-electron chi connectivity index (χ0n) is 14.6. The molecule has 0 saturated carbocycles. The zero-order valence-corrected chi connectivity index (χ0v) is 14.6. The van der Waals surface area contributed by atoms with E-state index in [2.05, 4.69) is 10.3 Å². The molecule has 130 valence electrons. The maximum atomic E-state index is 12.8. The lowest BCUT2D eigenvalue weighted by Gasteiger charge is -2.15. The van der Waals surface area contributed by atoms with Gasteiger partial charge in [-0.1, -0.05) is 19.0 Å². The van der Waals surface area contributed by atoms with E-state index in [1.807, 2.05) is 32.9 Å². The molecule has 0 aliphatic carbocycles. The molecule has 1 aliphatic rings. The predicted octanol–water partition coefficient (Wildman–Crippen LogP) is 1.52. The van der Waals surface area contributed by atoms with Gasteiger partial charge in [-0.2, -0.15) is 5.10 Å². The van der Waals surface area contributed by atoms with Crippen molar-refractivity contribution in [2.24, 2.45) is 13.0 Å². The van der Waals surface area contributed by atoms with Crippen molar-refractivity contribution in [2.75, 3.05) is 13.1 Å². The molecule has 0 bridgehead atoms. The van der Waals surface area contributed by atoms with Gasteiger partial charge in [0.2, 0.25) is 0 Å². The molecule has 0 aromatic carbocycles. The van der Waals surface area contributed by atoms with Gasteiger partial charge >= 0.3 is 0 Å². The second kappa shape index (κ2) is 6.39. The van der Waals surface area contributed by atoms with Gasteiger partial charge in [-0.3, -0.25) is 9.48 Å². The molecule has 3 heterocycles. The molecule has 1 saturated heterocycles. The molecule has 2 aromatic rings. The largest absolute Gasteiger partial charge is 0.391 e. The van der Waals surface area contributed by atoms with Gasteiger partial charge in [0.1, 0.15) is 11.5 Å². The summed E-state index contributed by atoms with van der Waals surface area (Å²) >= 11 is 0. The monoisotopic (exact) mass is 332 g/mol. The van der Waals surface area contributed by atoms with Crippen LogP contribution in [0.4, 0.5) is 0 Å². The Morgan fingerprint density at radius 1 is 1.42 bits per heavy atom. The van der Waals surface area contributed by atoms with Crippen LogP contribution in [0, 0.1) is 12.8 Å². The number of aryl methyl sites for hydroxylation is 2. The molecule has 7 nitrogen and oxygen atoms in total. The Kier molecular flexibility index (Phi) is 4.45. The summed E-state index contributed by atoms with van der Waals surface area (Å²) in [5, 5.41) is 18.6. The Labute approximate surface area is 141 Å². The fraction of sp³-hybridized carbons (Fsp3) is 0.588. The van der Waals surface area contributed by atoms with Crippen LogP contribution in [0.2, 0.25) is 0 Å². The number of β-amino-alcohol motifs (C(OH)–C–C–N with tert-alkyl or cyclic N) is 1. The molecule has 1 N–H and O–H groups in total. The summed E-state index contributed by atoms with van der Waals surface area (Å²) < 4.78 is 6.85. The van der Waals surface area contributed by atoms with E-state index in [0.717, 1.165) is 17.1 Å². The van der Waals surface area contributed by atoms with E-state index in [-0.39, 0.29) is 17.7 Å². The third-order valence-corrected chi connectivity index (χ3v) is 4.54. The molecular formula is C17H24N4O3. The maximum Gasteiger partial charge on any atom is 0.272 e. The van der Waals surface area contributed by atoms with Gasteiger partial charge in [0, 0.05) is 38.5 Å². The van der Waals surface area contributed by atoms with E-state index < -0.39 is 6.10 Å². The highest BCUT2D eigenvalue weighted by Gasteiger charge is 2.36. The van der Waals surface area contributed by atoms with Crippen LogP contribution in [-0.4, -0.2) is 50.0 Å². The second-order valence-electron chi connectivity index (χ2n) is 6.91. The van der Waals surface area contributed by atoms with Gasteiger partial charge in [-0.15, -0.1) is 0 Å². The number of likely N-dealkylation sites (tertiary alicyclic amines) is 1. The van der Waals surface area contributed by atoms with E-state index >= 15 is 0 Å². The highest BCUT2D eigenvalue weighted by Crippen LogP contribution is 2.24. The van der Waals surface area contributed by atoms with Crippen LogP contribution in [0.3, 0.4) is 0 Å². The minimum atomic E-state index is -0.558. The topological polar surface area (TPSA) is 84.4 Å². The highest BCUT2D eigenvalue weighted by atomic mass is 16.5. The van der Waals surface area contributed by atoms with E-state index in [9.17, 15) is 9.90 Å². The summed E-state index contributed by atoms with van der Waals surface area (Å²) in [4.78, 5) is 14.5. The number of carbonyl (C=O) groups excluding carboxylic acids is 1. The lowest BCUT2D eigenvalue weighted by atomic mass is 10.0. The van der Waals surface area contributed by atoms with Gasteiger partial charge in [-0.05, 0) is 18.9 Å². The third kappa shape index (κ3) is 3.21. The number of amides is 1. The summed E-state index contributed by atoms with van der Waals surface area (Å²) in [5.74, 6) is 0.879. The van der Waals surface area contributed by atoms with E-state index in [4.69, 9.17) is 4.52 Å². The minimum Gasteiger partial charge on any atom is -0.391 e. The first-order valence-corrected chi connectivity index (χ1v) is 8.28. The van der Waals surface area contributed by atoms with Crippen LogP contribution in [0.1, 0.15) is 47.4 Å². The first-order chi connectivity index (χ1) is 11.3. The number of aliphatic hydroxyl groups excluding tert-OH is 1. The van der Waals surface area contributed by atoms with Crippen molar-refractivity contribution < 1.29 is 14.4 Å². The summed E-state index contributed by atoms with van der Waals surface area (Å²) in [7, 11) is 1.78. The number of nitrogens with zero attached hydrogens (tertiary/aromatic N) is 4. The number of hydrogen-bond donors (Lipinski definition) is 1. The van der Waals surface area contributed by atoms with Crippen molar-refractivity contribution >= 4 is 5.91 Å².